The molecule has 5 heteroatoms. The molecule has 2 bridgehead atoms. The molecule has 1 aromatic rings. The number of amides is 1. The van der Waals surface area contributed by atoms with E-state index in [9.17, 15) is 4.79 Å². The van der Waals surface area contributed by atoms with Crippen molar-refractivity contribution in [3.8, 4) is 0 Å². The Hall–Kier alpha value is -1.52. The van der Waals surface area contributed by atoms with Gasteiger partial charge in [-0.1, -0.05) is 13.8 Å². The van der Waals surface area contributed by atoms with Crippen LogP contribution in [0, 0.1) is 11.8 Å². The van der Waals surface area contributed by atoms with Crippen molar-refractivity contribution in [2.75, 3.05) is 6.54 Å². The van der Waals surface area contributed by atoms with E-state index in [2.05, 4.69) is 24.0 Å². The molecule has 3 heterocycles. The van der Waals surface area contributed by atoms with Crippen LogP contribution in [0.4, 0.5) is 4.79 Å². The zero-order chi connectivity index (χ0) is 15.9. The third-order valence-electron chi connectivity index (χ3n) is 5.60. The van der Waals surface area contributed by atoms with Gasteiger partial charge in [-0.05, 0) is 45.4 Å². The highest BCUT2D eigenvalue weighted by Gasteiger charge is 2.94. The molecule has 2 unspecified atom stereocenters. The molecule has 1 aromatic heterocycles. The van der Waals surface area contributed by atoms with Crippen LogP contribution in [-0.4, -0.2) is 39.4 Å². The largest absolute Gasteiger partial charge is 0.444 e. The minimum atomic E-state index is -0.425. The van der Waals surface area contributed by atoms with Gasteiger partial charge in [-0.2, -0.15) is 5.10 Å². The summed E-state index contributed by atoms with van der Waals surface area (Å²) in [4.78, 5) is 14.4. The van der Waals surface area contributed by atoms with Gasteiger partial charge in [-0.3, -0.25) is 5.10 Å². The summed E-state index contributed by atoms with van der Waals surface area (Å²) < 4.78 is 5.57. The molecule has 22 heavy (non-hydrogen) atoms. The summed E-state index contributed by atoms with van der Waals surface area (Å²) in [5.41, 5.74) is 3.66. The summed E-state index contributed by atoms with van der Waals surface area (Å²) in [5.74, 6) is 1.27. The van der Waals surface area contributed by atoms with E-state index >= 15 is 0 Å². The van der Waals surface area contributed by atoms with Crippen molar-refractivity contribution in [1.82, 2.24) is 15.1 Å². The third-order valence-corrected chi connectivity index (χ3v) is 5.60. The molecular weight excluding hydrogens is 278 g/mol. The van der Waals surface area contributed by atoms with Gasteiger partial charge < -0.3 is 9.64 Å². The molecule has 2 aliphatic heterocycles. The van der Waals surface area contributed by atoms with Gasteiger partial charge in [0.2, 0.25) is 0 Å². The second kappa shape index (κ2) is 4.06. The normalized spacial score (nSPS) is 34.6. The van der Waals surface area contributed by atoms with E-state index in [1.807, 2.05) is 25.7 Å². The van der Waals surface area contributed by atoms with Crippen LogP contribution < -0.4 is 0 Å². The molecule has 0 aromatic carbocycles. The van der Waals surface area contributed by atoms with Crippen LogP contribution in [0.15, 0.2) is 0 Å². The maximum Gasteiger partial charge on any atom is 0.410 e. The summed E-state index contributed by atoms with van der Waals surface area (Å²) >= 11 is 0. The minimum Gasteiger partial charge on any atom is -0.444 e. The van der Waals surface area contributed by atoms with Crippen LogP contribution in [0.5, 0.6) is 0 Å². The molecule has 0 spiro atoms. The van der Waals surface area contributed by atoms with E-state index in [1.54, 1.807) is 0 Å². The molecule has 5 nitrogen and oxygen atoms in total. The van der Waals surface area contributed by atoms with E-state index in [0.717, 1.165) is 19.4 Å². The smallest absolute Gasteiger partial charge is 0.410 e. The lowest BCUT2D eigenvalue weighted by molar-refractivity contribution is 0.0278. The summed E-state index contributed by atoms with van der Waals surface area (Å²) in [5, 5.41) is 7.72. The number of aromatic amines is 1. The monoisotopic (exact) mass is 303 g/mol. The number of fused-ring (bicyclic) bond motifs is 1. The Morgan fingerprint density at radius 1 is 1.41 bits per heavy atom. The second-order valence-corrected chi connectivity index (χ2v) is 7.87. The number of aromatic nitrogens is 2. The Morgan fingerprint density at radius 3 is 2.68 bits per heavy atom. The van der Waals surface area contributed by atoms with Crippen LogP contribution >= 0.6 is 0 Å². The van der Waals surface area contributed by atoms with Crippen molar-refractivity contribution in [1.29, 1.82) is 0 Å². The highest BCUT2D eigenvalue weighted by Crippen LogP contribution is 2.86. The summed E-state index contributed by atoms with van der Waals surface area (Å²) in [6, 6.07) is 0.348. The number of hydrogen-bond donors (Lipinski definition) is 1. The van der Waals surface area contributed by atoms with Crippen molar-refractivity contribution in [3.05, 3.63) is 17.0 Å². The molecule has 4 fully saturated rings. The van der Waals surface area contributed by atoms with Crippen LogP contribution in [0.1, 0.15) is 51.6 Å². The molecule has 1 N–H and O–H groups in total. The minimum absolute atomic E-state index is 0.149. The molecule has 0 radical (unpaired) electrons. The zero-order valence-electron chi connectivity index (χ0n) is 14.1. The number of aryl methyl sites for hydroxylation is 2. The summed E-state index contributed by atoms with van der Waals surface area (Å²) in [6.07, 6.45) is 1.78. The number of H-pyrrole nitrogens is 1. The van der Waals surface area contributed by atoms with Gasteiger partial charge in [-0.15, -0.1) is 0 Å². The first-order valence-electron chi connectivity index (χ1n) is 8.42. The fourth-order valence-corrected chi connectivity index (χ4v) is 4.74. The van der Waals surface area contributed by atoms with Gasteiger partial charge in [0.1, 0.15) is 5.60 Å². The SMILES string of the molecule is CCc1n[nH]c(CC)c1C12C3[C@H]1[C@H]2CN3C(=O)OC(C)(C)C. The first-order chi connectivity index (χ1) is 10.4. The van der Waals surface area contributed by atoms with Crippen LogP contribution in [0.3, 0.4) is 0 Å². The third kappa shape index (κ3) is 1.54. The number of nitrogens with one attached hydrogen (secondary N) is 1. The molecule has 1 amide bonds. The maximum absolute atomic E-state index is 12.4. The number of ether oxygens (including phenoxy) is 1. The first kappa shape index (κ1) is 14.1. The zero-order valence-corrected chi connectivity index (χ0v) is 14.1. The molecule has 2 saturated heterocycles. The maximum atomic E-state index is 12.4. The van der Waals surface area contributed by atoms with Crippen molar-refractivity contribution in [2.45, 2.75) is 64.5 Å². The quantitative estimate of drug-likeness (QED) is 0.934. The lowest BCUT2D eigenvalue weighted by atomic mass is 9.93. The topological polar surface area (TPSA) is 58.2 Å². The fraction of sp³-hybridized carbons (Fsp3) is 0.765. The Morgan fingerprint density at radius 2 is 2.14 bits per heavy atom. The number of rotatable bonds is 3. The highest BCUT2D eigenvalue weighted by molar-refractivity contribution is 5.76. The van der Waals surface area contributed by atoms with Gasteiger partial charge in [0.05, 0.1) is 5.69 Å². The molecular formula is C17H25N3O2. The van der Waals surface area contributed by atoms with E-state index in [0.29, 0.717) is 17.9 Å². The van der Waals surface area contributed by atoms with Crippen molar-refractivity contribution >= 4 is 6.09 Å². The first-order valence-corrected chi connectivity index (χ1v) is 8.42. The van der Waals surface area contributed by atoms with E-state index in [4.69, 9.17) is 4.74 Å². The van der Waals surface area contributed by atoms with Gasteiger partial charge >= 0.3 is 6.09 Å². The number of piperidine rings is 1. The van der Waals surface area contributed by atoms with Crippen molar-refractivity contribution in [3.63, 3.8) is 0 Å². The summed E-state index contributed by atoms with van der Waals surface area (Å²) in [7, 11) is 0. The molecule has 2 saturated carbocycles. The van der Waals surface area contributed by atoms with Gasteiger partial charge in [-0.25, -0.2) is 4.79 Å². The van der Waals surface area contributed by atoms with Gasteiger partial charge in [0, 0.05) is 29.3 Å². The second-order valence-electron chi connectivity index (χ2n) is 7.87. The Balaban J connectivity index is 1.60. The fourth-order valence-electron chi connectivity index (χ4n) is 4.74. The number of carbonyl (C=O) groups excluding carboxylic acids is 1. The molecule has 2 aliphatic carbocycles. The Labute approximate surface area is 131 Å². The number of carbonyl (C=O) groups is 1. The van der Waals surface area contributed by atoms with Gasteiger partial charge in [0.15, 0.2) is 0 Å². The lowest BCUT2D eigenvalue weighted by Gasteiger charge is -2.24. The predicted molar refractivity (Wildman–Crippen MR) is 82.7 cm³/mol. The molecule has 120 valence electrons. The van der Waals surface area contributed by atoms with E-state index in [-0.39, 0.29) is 11.5 Å². The van der Waals surface area contributed by atoms with Crippen LogP contribution in [0.2, 0.25) is 0 Å². The van der Waals surface area contributed by atoms with Crippen molar-refractivity contribution in [2.24, 2.45) is 11.8 Å². The average Bonchev–Trinajstić information content (AvgIpc) is 3.03. The van der Waals surface area contributed by atoms with Crippen LogP contribution in [-0.2, 0) is 23.0 Å². The Bertz CT molecular complexity index is 617. The van der Waals surface area contributed by atoms with E-state index < -0.39 is 5.60 Å². The average molecular weight is 303 g/mol. The van der Waals surface area contributed by atoms with Crippen molar-refractivity contribution < 1.29 is 9.53 Å². The molecule has 5 rings (SSSR count). The molecule has 4 aliphatic rings. The van der Waals surface area contributed by atoms with Crippen LogP contribution in [0.25, 0.3) is 0 Å². The number of nitrogens with zero attached hydrogens (tertiary/aromatic N) is 2. The lowest BCUT2D eigenvalue weighted by Crippen LogP contribution is -2.36. The standard InChI is InChI=1S/C17H25N3O2/c1-6-10-13(11(7-2)19-18-10)17-9-8-20(14(17)12(9)17)15(21)22-16(3,4)5/h9,12,14H,6-8H2,1-5H3,(H,18,19)/t9-,12-,14?,17?/m1/s1. The Kier molecular flexibility index (Phi) is 2.60. The number of hydrogen-bond acceptors (Lipinski definition) is 3. The predicted octanol–water partition coefficient (Wildman–Crippen LogP) is 2.65. The highest BCUT2D eigenvalue weighted by atomic mass is 16.6. The van der Waals surface area contributed by atoms with E-state index in [1.165, 1.54) is 17.0 Å². The summed E-state index contributed by atoms with van der Waals surface area (Å²) in [6.45, 7) is 10.9. The van der Waals surface area contributed by atoms with Gasteiger partial charge in [0.25, 0.3) is 0 Å². The molecule has 4 atom stereocenters.